The quantitative estimate of drug-likeness (QED) is 0.538. The molecule has 29 heavy (non-hydrogen) atoms. The fraction of sp³-hybridized carbons (Fsp3) is 0.150. The van der Waals surface area contributed by atoms with Gasteiger partial charge in [0.15, 0.2) is 5.13 Å². The number of para-hydroxylation sites is 1. The van der Waals surface area contributed by atoms with Crippen LogP contribution in [-0.2, 0) is 4.79 Å². The molecule has 150 valence electrons. The van der Waals surface area contributed by atoms with Crippen molar-refractivity contribution in [2.75, 3.05) is 19.0 Å². The smallest absolute Gasteiger partial charge is 0.255 e. The molecule has 0 bridgehead atoms. The summed E-state index contributed by atoms with van der Waals surface area (Å²) in [6.45, 7) is 0.184. The van der Waals surface area contributed by atoms with Crippen molar-refractivity contribution in [1.29, 1.82) is 0 Å². The Hall–Kier alpha value is -2.61. The van der Waals surface area contributed by atoms with E-state index in [0.29, 0.717) is 32.2 Å². The fourth-order valence-corrected chi connectivity index (χ4v) is 3.78. The lowest BCUT2D eigenvalue weighted by atomic mass is 10.2. The summed E-state index contributed by atoms with van der Waals surface area (Å²) in [7, 11) is 1.50. The van der Waals surface area contributed by atoms with Gasteiger partial charge in [0.25, 0.3) is 5.91 Å². The second-order valence-corrected chi connectivity index (χ2v) is 7.62. The van der Waals surface area contributed by atoms with E-state index in [1.165, 1.54) is 18.4 Å². The van der Waals surface area contributed by atoms with Crippen molar-refractivity contribution in [3.63, 3.8) is 0 Å². The molecule has 3 rings (SSSR count). The van der Waals surface area contributed by atoms with Crippen LogP contribution >= 0.6 is 34.5 Å². The molecule has 0 aliphatic carbocycles. The van der Waals surface area contributed by atoms with E-state index in [0.717, 1.165) is 5.56 Å². The number of aromatic nitrogens is 1. The number of carbonyl (C=O) groups excluding carboxylic acids is 2. The first kappa shape index (κ1) is 21.1. The van der Waals surface area contributed by atoms with Crippen LogP contribution in [0.5, 0.6) is 5.75 Å². The topological polar surface area (TPSA) is 80.3 Å². The lowest BCUT2D eigenvalue weighted by Gasteiger charge is -2.08. The van der Waals surface area contributed by atoms with Crippen LogP contribution in [0, 0.1) is 0 Å². The Morgan fingerprint density at radius 3 is 2.72 bits per heavy atom. The van der Waals surface area contributed by atoms with E-state index in [2.05, 4.69) is 15.6 Å². The van der Waals surface area contributed by atoms with Gasteiger partial charge in [-0.2, -0.15) is 0 Å². The molecule has 6 nitrogen and oxygen atoms in total. The highest BCUT2D eigenvalue weighted by molar-refractivity contribution is 7.14. The Balaban J connectivity index is 1.52. The minimum atomic E-state index is -0.302. The third-order valence-electron chi connectivity index (χ3n) is 3.95. The van der Waals surface area contributed by atoms with Crippen molar-refractivity contribution < 1.29 is 14.3 Å². The number of nitrogens with zero attached hydrogens (tertiary/aromatic N) is 1. The number of amides is 2. The predicted molar refractivity (Wildman–Crippen MR) is 116 cm³/mol. The Morgan fingerprint density at radius 1 is 1.17 bits per heavy atom. The molecule has 3 aromatic rings. The van der Waals surface area contributed by atoms with Gasteiger partial charge in [-0.3, -0.25) is 9.59 Å². The van der Waals surface area contributed by atoms with Crippen LogP contribution in [0.1, 0.15) is 16.8 Å². The average molecular weight is 450 g/mol. The van der Waals surface area contributed by atoms with Crippen molar-refractivity contribution in [2.45, 2.75) is 6.42 Å². The Morgan fingerprint density at radius 2 is 1.97 bits per heavy atom. The van der Waals surface area contributed by atoms with Crippen molar-refractivity contribution >= 4 is 51.5 Å². The molecule has 2 N–H and O–H groups in total. The number of rotatable bonds is 7. The number of hydrogen-bond donors (Lipinski definition) is 2. The van der Waals surface area contributed by atoms with Crippen LogP contribution in [0.25, 0.3) is 11.3 Å². The number of anilines is 1. The van der Waals surface area contributed by atoms with Gasteiger partial charge in [0.1, 0.15) is 5.75 Å². The molecule has 0 spiro atoms. The van der Waals surface area contributed by atoms with Crippen LogP contribution in [0.15, 0.2) is 47.8 Å². The number of carbonyl (C=O) groups is 2. The van der Waals surface area contributed by atoms with E-state index in [-0.39, 0.29) is 24.8 Å². The summed E-state index contributed by atoms with van der Waals surface area (Å²) >= 11 is 13.4. The molecule has 2 amide bonds. The van der Waals surface area contributed by atoms with Gasteiger partial charge < -0.3 is 15.4 Å². The van der Waals surface area contributed by atoms with E-state index in [1.807, 2.05) is 0 Å². The third kappa shape index (κ3) is 5.47. The number of ether oxygens (including phenoxy) is 1. The van der Waals surface area contributed by atoms with E-state index < -0.39 is 0 Å². The third-order valence-corrected chi connectivity index (χ3v) is 5.25. The molecule has 0 unspecified atom stereocenters. The van der Waals surface area contributed by atoms with Crippen LogP contribution in [0.4, 0.5) is 5.13 Å². The highest BCUT2D eigenvalue weighted by atomic mass is 35.5. The second-order valence-electron chi connectivity index (χ2n) is 5.92. The summed E-state index contributed by atoms with van der Waals surface area (Å²) < 4.78 is 5.16. The minimum Gasteiger partial charge on any atom is -0.496 e. The molecule has 1 aromatic heterocycles. The molecule has 0 fully saturated rings. The summed E-state index contributed by atoms with van der Waals surface area (Å²) in [5.74, 6) is -0.0804. The SMILES string of the molecule is COc1ccccc1C(=O)NCCC(=O)Nc1nc(-c2ccc(Cl)cc2Cl)cs1. The number of thiazole rings is 1. The maximum atomic E-state index is 12.2. The van der Waals surface area contributed by atoms with Crippen molar-refractivity contribution in [2.24, 2.45) is 0 Å². The maximum absolute atomic E-state index is 12.2. The first-order chi connectivity index (χ1) is 14.0. The van der Waals surface area contributed by atoms with Crippen LogP contribution < -0.4 is 15.4 Å². The lowest BCUT2D eigenvalue weighted by Crippen LogP contribution is -2.28. The van der Waals surface area contributed by atoms with E-state index in [4.69, 9.17) is 27.9 Å². The normalized spacial score (nSPS) is 10.4. The Labute approximate surface area is 181 Å². The standard InChI is InChI=1S/C20H17Cl2N3O3S/c1-28-17-5-3-2-4-14(17)19(27)23-9-8-18(26)25-20-24-16(11-29-20)13-7-6-12(21)10-15(13)22/h2-7,10-11H,8-9H2,1H3,(H,23,27)(H,24,25,26). The van der Waals surface area contributed by atoms with Gasteiger partial charge in [-0.15, -0.1) is 11.3 Å². The zero-order valence-electron chi connectivity index (χ0n) is 15.4. The van der Waals surface area contributed by atoms with Gasteiger partial charge in [0, 0.05) is 28.9 Å². The van der Waals surface area contributed by atoms with Crippen LogP contribution in [0.3, 0.4) is 0 Å². The number of methoxy groups -OCH3 is 1. The average Bonchev–Trinajstić information content (AvgIpc) is 3.15. The lowest BCUT2D eigenvalue weighted by molar-refractivity contribution is -0.116. The number of halogens is 2. The highest BCUT2D eigenvalue weighted by Gasteiger charge is 2.13. The summed E-state index contributed by atoms with van der Waals surface area (Å²) in [5.41, 5.74) is 1.80. The molecule has 9 heteroatoms. The number of hydrogen-bond acceptors (Lipinski definition) is 5. The van der Waals surface area contributed by atoms with Gasteiger partial charge in [-0.25, -0.2) is 4.98 Å². The monoisotopic (exact) mass is 449 g/mol. The van der Waals surface area contributed by atoms with Crippen molar-refractivity contribution in [3.05, 3.63) is 63.5 Å². The number of benzene rings is 2. The van der Waals surface area contributed by atoms with Gasteiger partial charge in [0.05, 0.1) is 23.4 Å². The van der Waals surface area contributed by atoms with Gasteiger partial charge in [-0.05, 0) is 30.3 Å². The molecule has 0 aliphatic heterocycles. The van der Waals surface area contributed by atoms with Crippen molar-refractivity contribution in [3.8, 4) is 17.0 Å². The molecule has 0 aliphatic rings. The van der Waals surface area contributed by atoms with E-state index in [9.17, 15) is 9.59 Å². The predicted octanol–water partition coefficient (Wildman–Crippen LogP) is 4.88. The Bertz CT molecular complexity index is 1040. The summed E-state index contributed by atoms with van der Waals surface area (Å²) in [4.78, 5) is 28.8. The fourth-order valence-electron chi connectivity index (χ4n) is 2.55. The molecule has 1 heterocycles. The van der Waals surface area contributed by atoms with Crippen LogP contribution in [0.2, 0.25) is 10.0 Å². The summed E-state index contributed by atoms with van der Waals surface area (Å²) in [6.07, 6.45) is 0.109. The van der Waals surface area contributed by atoms with E-state index >= 15 is 0 Å². The molecule has 0 atom stereocenters. The zero-order valence-corrected chi connectivity index (χ0v) is 17.7. The van der Waals surface area contributed by atoms with E-state index in [1.54, 1.807) is 47.8 Å². The molecule has 0 saturated heterocycles. The molecular formula is C20H17Cl2N3O3S. The number of nitrogens with one attached hydrogen (secondary N) is 2. The van der Waals surface area contributed by atoms with Gasteiger partial charge in [-0.1, -0.05) is 35.3 Å². The maximum Gasteiger partial charge on any atom is 0.255 e. The minimum absolute atomic E-state index is 0.109. The molecule has 0 radical (unpaired) electrons. The largest absolute Gasteiger partial charge is 0.496 e. The summed E-state index contributed by atoms with van der Waals surface area (Å²) in [5, 5.41) is 8.71. The first-order valence-corrected chi connectivity index (χ1v) is 10.2. The van der Waals surface area contributed by atoms with Gasteiger partial charge in [0.2, 0.25) is 5.91 Å². The molecular weight excluding hydrogens is 433 g/mol. The Kier molecular flexibility index (Phi) is 7.09. The highest BCUT2D eigenvalue weighted by Crippen LogP contribution is 2.32. The van der Waals surface area contributed by atoms with Crippen molar-refractivity contribution in [1.82, 2.24) is 10.3 Å². The summed E-state index contributed by atoms with van der Waals surface area (Å²) in [6, 6.07) is 12.0. The second kappa shape index (κ2) is 9.73. The molecule has 2 aromatic carbocycles. The molecule has 0 saturated carbocycles. The zero-order chi connectivity index (χ0) is 20.8. The van der Waals surface area contributed by atoms with Gasteiger partial charge >= 0.3 is 0 Å². The van der Waals surface area contributed by atoms with Crippen LogP contribution in [-0.4, -0.2) is 30.5 Å². The first-order valence-electron chi connectivity index (χ1n) is 8.60.